The minimum Gasteiger partial charge on any atom is -0.292 e. The van der Waals surface area contributed by atoms with Crippen molar-refractivity contribution in [3.8, 4) is 0 Å². The molecule has 0 amide bonds. The second-order valence-corrected chi connectivity index (χ2v) is 4.07. The first-order valence-corrected chi connectivity index (χ1v) is 5.49. The number of fused-ring (bicyclic) bond motifs is 1. The van der Waals surface area contributed by atoms with Gasteiger partial charge in [-0.1, -0.05) is 18.2 Å². The molecule has 0 fully saturated rings. The lowest BCUT2D eigenvalue weighted by Gasteiger charge is -1.95. The first-order valence-electron chi connectivity index (χ1n) is 5.49. The molecule has 0 unspecified atom stereocenters. The molecule has 5 nitrogen and oxygen atoms in total. The summed E-state index contributed by atoms with van der Waals surface area (Å²) in [5.41, 5.74) is 1.05. The predicted molar refractivity (Wildman–Crippen MR) is 65.3 cm³/mol. The number of rotatable bonds is 4. The van der Waals surface area contributed by atoms with Crippen LogP contribution in [0.1, 0.15) is 23.8 Å². The van der Waals surface area contributed by atoms with Gasteiger partial charge in [0.15, 0.2) is 11.6 Å². The van der Waals surface area contributed by atoms with Gasteiger partial charge in [0.1, 0.15) is 5.69 Å². The van der Waals surface area contributed by atoms with Crippen molar-refractivity contribution < 1.29 is 14.4 Å². The van der Waals surface area contributed by atoms with Gasteiger partial charge in [-0.3, -0.25) is 19.1 Å². The molecule has 0 saturated carbocycles. The number of hydrogen-bond acceptors (Lipinski definition) is 4. The number of carbonyl (C=O) groups is 3. The molecular formula is C13H12N2O3. The second-order valence-electron chi connectivity index (χ2n) is 4.07. The molecule has 0 aliphatic rings. The second kappa shape index (κ2) is 4.52. The minimum absolute atomic E-state index is 0.239. The van der Waals surface area contributed by atoms with E-state index >= 15 is 0 Å². The monoisotopic (exact) mass is 244 g/mol. The number of para-hydroxylation sites is 1. The van der Waals surface area contributed by atoms with E-state index < -0.39 is 23.8 Å². The van der Waals surface area contributed by atoms with Gasteiger partial charge >= 0.3 is 0 Å². The van der Waals surface area contributed by atoms with Gasteiger partial charge in [-0.25, -0.2) is 0 Å². The zero-order chi connectivity index (χ0) is 13.3. The highest BCUT2D eigenvalue weighted by Gasteiger charge is 2.20. The third-order valence-electron chi connectivity index (χ3n) is 2.74. The van der Waals surface area contributed by atoms with Crippen LogP contribution in [0.3, 0.4) is 0 Å². The molecule has 0 bridgehead atoms. The lowest BCUT2D eigenvalue weighted by Crippen LogP contribution is -2.15. The molecule has 2 rings (SSSR count). The summed E-state index contributed by atoms with van der Waals surface area (Å²) in [4.78, 5) is 34.1. The molecule has 1 heterocycles. The Labute approximate surface area is 103 Å². The quantitative estimate of drug-likeness (QED) is 0.462. The smallest absolute Gasteiger partial charge is 0.205 e. The molecule has 2 aromatic rings. The van der Waals surface area contributed by atoms with Crippen LogP contribution in [0, 0.1) is 0 Å². The summed E-state index contributed by atoms with van der Waals surface area (Å²) in [6, 6.07) is 7.26. The standard InChI is InChI=1S/C13H12N2O3/c1-8(16)11(17)7-12(18)13-9-5-3-4-6-10(9)15(2)14-13/h3-6H,7H2,1-2H3. The fraction of sp³-hybridized carbons (Fsp3) is 0.231. The van der Waals surface area contributed by atoms with Crippen LogP contribution in [-0.2, 0) is 16.6 Å². The number of Topliss-reactive ketones (excluding diaryl/α,β-unsaturated/α-hetero) is 3. The predicted octanol–water partition coefficient (Wildman–Crippen LogP) is 1.30. The topological polar surface area (TPSA) is 69.0 Å². The Hall–Kier alpha value is -2.30. The van der Waals surface area contributed by atoms with E-state index in [1.54, 1.807) is 23.9 Å². The lowest BCUT2D eigenvalue weighted by atomic mass is 10.1. The average molecular weight is 244 g/mol. The van der Waals surface area contributed by atoms with Gasteiger partial charge in [0.25, 0.3) is 0 Å². The number of nitrogens with zero attached hydrogens (tertiary/aromatic N) is 2. The lowest BCUT2D eigenvalue weighted by molar-refractivity contribution is -0.134. The molecule has 0 aliphatic carbocycles. The Balaban J connectivity index is 2.40. The fourth-order valence-corrected chi connectivity index (χ4v) is 1.77. The Morgan fingerprint density at radius 2 is 1.89 bits per heavy atom. The average Bonchev–Trinajstić information content (AvgIpc) is 2.67. The number of benzene rings is 1. The van der Waals surface area contributed by atoms with Crippen LogP contribution in [0.4, 0.5) is 0 Å². The summed E-state index contributed by atoms with van der Waals surface area (Å²) < 4.78 is 1.58. The SMILES string of the molecule is CC(=O)C(=O)CC(=O)c1nn(C)c2ccccc12. The molecule has 0 saturated heterocycles. The van der Waals surface area contributed by atoms with Crippen LogP contribution in [0.2, 0.25) is 0 Å². The molecule has 18 heavy (non-hydrogen) atoms. The third kappa shape index (κ3) is 2.07. The third-order valence-corrected chi connectivity index (χ3v) is 2.74. The molecule has 5 heteroatoms. The highest BCUT2D eigenvalue weighted by molar-refractivity contribution is 6.40. The van der Waals surface area contributed by atoms with Crippen molar-refractivity contribution in [1.82, 2.24) is 9.78 Å². The molecule has 0 N–H and O–H groups in total. The summed E-state index contributed by atoms with van der Waals surface area (Å²) in [5.74, 6) is -1.72. The number of hydrogen-bond donors (Lipinski definition) is 0. The van der Waals surface area contributed by atoms with Crippen molar-refractivity contribution >= 4 is 28.3 Å². The van der Waals surface area contributed by atoms with E-state index in [-0.39, 0.29) is 5.69 Å². The zero-order valence-corrected chi connectivity index (χ0v) is 10.1. The van der Waals surface area contributed by atoms with Gasteiger partial charge in [-0.15, -0.1) is 0 Å². The first-order chi connectivity index (χ1) is 8.50. The van der Waals surface area contributed by atoms with Gasteiger partial charge < -0.3 is 0 Å². The Bertz CT molecular complexity index is 655. The van der Waals surface area contributed by atoms with Crippen molar-refractivity contribution in [2.45, 2.75) is 13.3 Å². The number of carbonyl (C=O) groups excluding carboxylic acids is 3. The minimum atomic E-state index is -0.685. The maximum atomic E-state index is 11.9. The van der Waals surface area contributed by atoms with Gasteiger partial charge in [-0.2, -0.15) is 5.10 Å². The van der Waals surface area contributed by atoms with Crippen LogP contribution in [-0.4, -0.2) is 27.1 Å². The summed E-state index contributed by atoms with van der Waals surface area (Å²) in [6.07, 6.45) is -0.420. The number of ketones is 3. The van der Waals surface area contributed by atoms with Crippen molar-refractivity contribution in [2.75, 3.05) is 0 Å². The largest absolute Gasteiger partial charge is 0.292 e. The van der Waals surface area contributed by atoms with Crippen molar-refractivity contribution in [3.05, 3.63) is 30.0 Å². The van der Waals surface area contributed by atoms with E-state index in [0.29, 0.717) is 5.39 Å². The zero-order valence-electron chi connectivity index (χ0n) is 10.1. The van der Waals surface area contributed by atoms with Crippen LogP contribution in [0.5, 0.6) is 0 Å². The molecule has 0 radical (unpaired) electrons. The molecule has 92 valence electrons. The van der Waals surface area contributed by atoms with Crippen LogP contribution in [0.25, 0.3) is 10.9 Å². The number of aromatic nitrogens is 2. The highest BCUT2D eigenvalue weighted by Crippen LogP contribution is 2.18. The molecule has 1 aromatic heterocycles. The molecule has 1 aromatic carbocycles. The van der Waals surface area contributed by atoms with E-state index in [0.717, 1.165) is 12.4 Å². The van der Waals surface area contributed by atoms with E-state index in [9.17, 15) is 14.4 Å². The summed E-state index contributed by atoms with van der Waals surface area (Å²) in [6.45, 7) is 1.16. The van der Waals surface area contributed by atoms with Crippen molar-refractivity contribution in [2.24, 2.45) is 7.05 Å². The normalized spacial score (nSPS) is 10.6. The van der Waals surface area contributed by atoms with Crippen LogP contribution in [0.15, 0.2) is 24.3 Å². The molecular weight excluding hydrogens is 232 g/mol. The molecule has 0 aliphatic heterocycles. The maximum absolute atomic E-state index is 11.9. The van der Waals surface area contributed by atoms with Crippen LogP contribution < -0.4 is 0 Å². The van der Waals surface area contributed by atoms with Crippen molar-refractivity contribution in [1.29, 1.82) is 0 Å². The Morgan fingerprint density at radius 1 is 1.22 bits per heavy atom. The summed E-state index contributed by atoms with van der Waals surface area (Å²) >= 11 is 0. The van der Waals surface area contributed by atoms with Crippen molar-refractivity contribution in [3.63, 3.8) is 0 Å². The Morgan fingerprint density at radius 3 is 2.56 bits per heavy atom. The fourth-order valence-electron chi connectivity index (χ4n) is 1.77. The van der Waals surface area contributed by atoms with E-state index in [1.165, 1.54) is 0 Å². The maximum Gasteiger partial charge on any atom is 0.205 e. The van der Waals surface area contributed by atoms with Gasteiger partial charge in [0, 0.05) is 19.4 Å². The first kappa shape index (κ1) is 12.2. The van der Waals surface area contributed by atoms with E-state index in [2.05, 4.69) is 5.10 Å². The number of aryl methyl sites for hydroxylation is 1. The molecule has 0 spiro atoms. The Kier molecular flexibility index (Phi) is 3.06. The van der Waals surface area contributed by atoms with Gasteiger partial charge in [0.05, 0.1) is 11.9 Å². The van der Waals surface area contributed by atoms with Gasteiger partial charge in [0.2, 0.25) is 5.78 Å². The molecule has 0 atom stereocenters. The highest BCUT2D eigenvalue weighted by atomic mass is 16.2. The summed E-state index contributed by atoms with van der Waals surface area (Å²) in [7, 11) is 1.73. The van der Waals surface area contributed by atoms with Gasteiger partial charge in [-0.05, 0) is 6.07 Å². The summed E-state index contributed by atoms with van der Waals surface area (Å²) in [5, 5.41) is 4.80. The van der Waals surface area contributed by atoms with E-state index in [1.807, 2.05) is 12.1 Å². The van der Waals surface area contributed by atoms with E-state index in [4.69, 9.17) is 0 Å². The van der Waals surface area contributed by atoms with Crippen LogP contribution >= 0.6 is 0 Å².